The van der Waals surface area contributed by atoms with Crippen LogP contribution >= 0.6 is 0 Å². The Bertz CT molecular complexity index is 260. The highest BCUT2D eigenvalue weighted by atomic mass is 16.4. The summed E-state index contributed by atoms with van der Waals surface area (Å²) in [5, 5.41) is 18.1. The molecule has 0 aromatic heterocycles. The van der Waals surface area contributed by atoms with E-state index in [0.717, 1.165) is 25.7 Å². The SMILES string of the molecule is CC(C)(C)C1CC(CCCO)CCN1C(=O)O. The van der Waals surface area contributed by atoms with Crippen molar-refractivity contribution in [1.29, 1.82) is 0 Å². The molecule has 4 heteroatoms. The molecule has 1 heterocycles. The van der Waals surface area contributed by atoms with Crippen LogP contribution in [0.2, 0.25) is 0 Å². The summed E-state index contributed by atoms with van der Waals surface area (Å²) in [5.74, 6) is 0.557. The Morgan fingerprint density at radius 2 is 2.06 bits per heavy atom. The molecular weight excluding hydrogens is 218 g/mol. The summed E-state index contributed by atoms with van der Waals surface area (Å²) < 4.78 is 0. The van der Waals surface area contributed by atoms with Gasteiger partial charge in [0.15, 0.2) is 0 Å². The predicted octanol–water partition coefficient (Wildman–Crippen LogP) is 2.56. The monoisotopic (exact) mass is 243 g/mol. The van der Waals surface area contributed by atoms with Crippen molar-refractivity contribution in [3.8, 4) is 0 Å². The first kappa shape index (κ1) is 14.3. The van der Waals surface area contributed by atoms with Crippen molar-refractivity contribution >= 4 is 6.09 Å². The molecule has 4 nitrogen and oxygen atoms in total. The van der Waals surface area contributed by atoms with Crippen LogP contribution in [0.25, 0.3) is 0 Å². The van der Waals surface area contributed by atoms with Gasteiger partial charge in [0.25, 0.3) is 0 Å². The minimum atomic E-state index is -0.800. The third-order valence-electron chi connectivity index (χ3n) is 3.73. The number of aliphatic hydroxyl groups is 1. The van der Waals surface area contributed by atoms with Crippen molar-refractivity contribution in [2.24, 2.45) is 11.3 Å². The molecule has 1 aliphatic heterocycles. The lowest BCUT2D eigenvalue weighted by molar-refractivity contribution is 0.0377. The number of carboxylic acid groups (broad SMARTS) is 1. The molecule has 0 radical (unpaired) electrons. The molecule has 0 aromatic carbocycles. The zero-order valence-electron chi connectivity index (χ0n) is 11.1. The summed E-state index contributed by atoms with van der Waals surface area (Å²) in [6.07, 6.45) is 2.89. The maximum absolute atomic E-state index is 11.2. The highest BCUT2D eigenvalue weighted by Crippen LogP contribution is 2.36. The van der Waals surface area contributed by atoms with Crippen LogP contribution in [0.1, 0.15) is 46.5 Å². The minimum Gasteiger partial charge on any atom is -0.465 e. The van der Waals surface area contributed by atoms with Gasteiger partial charge >= 0.3 is 6.09 Å². The predicted molar refractivity (Wildman–Crippen MR) is 67.0 cm³/mol. The molecule has 0 aliphatic carbocycles. The molecule has 2 unspecified atom stereocenters. The lowest BCUT2D eigenvalue weighted by atomic mass is 9.76. The van der Waals surface area contributed by atoms with E-state index in [4.69, 9.17) is 5.11 Å². The highest BCUT2D eigenvalue weighted by molar-refractivity contribution is 5.65. The molecule has 1 aliphatic rings. The summed E-state index contributed by atoms with van der Waals surface area (Å²) in [7, 11) is 0. The van der Waals surface area contributed by atoms with E-state index in [2.05, 4.69) is 20.8 Å². The van der Waals surface area contributed by atoms with Crippen LogP contribution in [0.5, 0.6) is 0 Å². The Morgan fingerprint density at radius 1 is 1.41 bits per heavy atom. The molecule has 1 rings (SSSR count). The van der Waals surface area contributed by atoms with Gasteiger partial charge in [0.05, 0.1) is 0 Å². The first-order chi connectivity index (χ1) is 7.86. The Balaban J connectivity index is 2.67. The Labute approximate surface area is 104 Å². The quantitative estimate of drug-likeness (QED) is 0.801. The number of hydrogen-bond donors (Lipinski definition) is 2. The minimum absolute atomic E-state index is 0.0176. The molecule has 1 fully saturated rings. The van der Waals surface area contributed by atoms with Gasteiger partial charge in [0.2, 0.25) is 0 Å². The number of rotatable bonds is 3. The van der Waals surface area contributed by atoms with Crippen LogP contribution in [0, 0.1) is 11.3 Å². The first-order valence-electron chi connectivity index (χ1n) is 6.46. The van der Waals surface area contributed by atoms with Crippen LogP contribution in [0.4, 0.5) is 4.79 Å². The maximum atomic E-state index is 11.2. The summed E-state index contributed by atoms with van der Waals surface area (Å²) in [5.41, 5.74) is -0.0176. The van der Waals surface area contributed by atoms with Crippen molar-refractivity contribution in [1.82, 2.24) is 4.90 Å². The summed E-state index contributed by atoms with van der Waals surface area (Å²) >= 11 is 0. The van der Waals surface area contributed by atoms with Crippen molar-refractivity contribution in [2.45, 2.75) is 52.5 Å². The lowest BCUT2D eigenvalue weighted by Gasteiger charge is -2.44. The van der Waals surface area contributed by atoms with Crippen molar-refractivity contribution in [3.05, 3.63) is 0 Å². The van der Waals surface area contributed by atoms with E-state index in [-0.39, 0.29) is 18.1 Å². The van der Waals surface area contributed by atoms with Gasteiger partial charge in [0, 0.05) is 19.2 Å². The van der Waals surface area contributed by atoms with Crippen LogP contribution < -0.4 is 0 Å². The number of aliphatic hydroxyl groups excluding tert-OH is 1. The fraction of sp³-hybridized carbons (Fsp3) is 0.923. The van der Waals surface area contributed by atoms with E-state index < -0.39 is 6.09 Å². The van der Waals surface area contributed by atoms with Gasteiger partial charge in [0.1, 0.15) is 0 Å². The highest BCUT2D eigenvalue weighted by Gasteiger charge is 2.38. The number of likely N-dealkylation sites (tertiary alicyclic amines) is 1. The normalized spacial score (nSPS) is 26.0. The van der Waals surface area contributed by atoms with E-state index in [1.54, 1.807) is 4.90 Å². The zero-order valence-corrected chi connectivity index (χ0v) is 11.1. The second kappa shape index (κ2) is 5.71. The van der Waals surface area contributed by atoms with Gasteiger partial charge in [-0.2, -0.15) is 0 Å². The summed E-state index contributed by atoms with van der Waals surface area (Å²) in [4.78, 5) is 12.8. The smallest absolute Gasteiger partial charge is 0.407 e. The van der Waals surface area contributed by atoms with Gasteiger partial charge in [-0.05, 0) is 37.0 Å². The standard InChI is InChI=1S/C13H25NO3/c1-13(2,3)11-9-10(5-4-8-15)6-7-14(11)12(16)17/h10-11,15H,4-9H2,1-3H3,(H,16,17). The van der Waals surface area contributed by atoms with Gasteiger partial charge in [-0.25, -0.2) is 4.79 Å². The van der Waals surface area contributed by atoms with Crippen molar-refractivity contribution < 1.29 is 15.0 Å². The average molecular weight is 243 g/mol. The van der Waals surface area contributed by atoms with E-state index in [1.165, 1.54) is 0 Å². The fourth-order valence-electron chi connectivity index (χ4n) is 2.73. The number of piperidine rings is 1. The maximum Gasteiger partial charge on any atom is 0.407 e. The van der Waals surface area contributed by atoms with Gasteiger partial charge in [-0.1, -0.05) is 20.8 Å². The van der Waals surface area contributed by atoms with Crippen LogP contribution in [0.15, 0.2) is 0 Å². The van der Waals surface area contributed by atoms with Crippen LogP contribution in [0.3, 0.4) is 0 Å². The molecule has 1 amide bonds. The van der Waals surface area contributed by atoms with E-state index in [1.807, 2.05) is 0 Å². The molecule has 100 valence electrons. The summed E-state index contributed by atoms with van der Waals surface area (Å²) in [6.45, 7) is 7.17. The number of hydrogen-bond acceptors (Lipinski definition) is 2. The summed E-state index contributed by atoms with van der Waals surface area (Å²) in [6, 6.07) is 0.0949. The van der Waals surface area contributed by atoms with E-state index in [9.17, 15) is 9.90 Å². The van der Waals surface area contributed by atoms with Crippen LogP contribution in [-0.4, -0.2) is 40.4 Å². The molecule has 2 atom stereocenters. The molecule has 17 heavy (non-hydrogen) atoms. The molecule has 0 bridgehead atoms. The molecule has 0 aromatic rings. The lowest BCUT2D eigenvalue weighted by Crippen LogP contribution is -2.51. The third kappa shape index (κ3) is 3.87. The molecule has 0 saturated carbocycles. The van der Waals surface area contributed by atoms with Gasteiger partial charge in [-0.15, -0.1) is 0 Å². The Hall–Kier alpha value is -0.770. The average Bonchev–Trinajstić information content (AvgIpc) is 2.24. The number of carbonyl (C=O) groups is 1. The Kier molecular flexibility index (Phi) is 4.80. The fourth-order valence-corrected chi connectivity index (χ4v) is 2.73. The third-order valence-corrected chi connectivity index (χ3v) is 3.73. The van der Waals surface area contributed by atoms with Crippen molar-refractivity contribution in [3.63, 3.8) is 0 Å². The largest absolute Gasteiger partial charge is 0.465 e. The van der Waals surface area contributed by atoms with Gasteiger partial charge < -0.3 is 15.1 Å². The van der Waals surface area contributed by atoms with E-state index in [0.29, 0.717) is 12.5 Å². The molecule has 2 N–H and O–H groups in total. The molecule has 0 spiro atoms. The van der Waals surface area contributed by atoms with Gasteiger partial charge in [-0.3, -0.25) is 0 Å². The number of amides is 1. The van der Waals surface area contributed by atoms with E-state index >= 15 is 0 Å². The first-order valence-corrected chi connectivity index (χ1v) is 6.46. The topological polar surface area (TPSA) is 60.8 Å². The second-order valence-corrected chi connectivity index (χ2v) is 6.11. The molecular formula is C13H25NO3. The molecule has 1 saturated heterocycles. The second-order valence-electron chi connectivity index (χ2n) is 6.11. The van der Waals surface area contributed by atoms with Crippen molar-refractivity contribution in [2.75, 3.05) is 13.2 Å². The zero-order chi connectivity index (χ0) is 13.1. The van der Waals surface area contributed by atoms with Crippen LogP contribution in [-0.2, 0) is 0 Å². The number of nitrogens with zero attached hydrogens (tertiary/aromatic N) is 1. The Morgan fingerprint density at radius 3 is 2.53 bits per heavy atom.